The molecule has 18 heavy (non-hydrogen) atoms. The third-order valence-corrected chi connectivity index (χ3v) is 4.41. The Labute approximate surface area is 118 Å². The summed E-state index contributed by atoms with van der Waals surface area (Å²) in [5.41, 5.74) is 0.620. The molecule has 0 atom stereocenters. The number of thiazole rings is 1. The number of aromatic nitrogens is 1. The molecule has 0 spiro atoms. The van der Waals surface area contributed by atoms with E-state index in [1.807, 2.05) is 24.3 Å². The van der Waals surface area contributed by atoms with Crippen molar-refractivity contribution in [1.82, 2.24) is 4.98 Å². The summed E-state index contributed by atoms with van der Waals surface area (Å²) in [6.07, 6.45) is -0.0155. The minimum absolute atomic E-state index is 0.0155. The quantitative estimate of drug-likeness (QED) is 0.855. The van der Waals surface area contributed by atoms with Crippen molar-refractivity contribution in [2.45, 2.75) is 17.1 Å². The van der Waals surface area contributed by atoms with Gasteiger partial charge >= 0.3 is 5.97 Å². The predicted octanol–water partition coefficient (Wildman–Crippen LogP) is 3.72. The number of hydrogen-bond acceptors (Lipinski definition) is 4. The highest BCUT2D eigenvalue weighted by Crippen LogP contribution is 2.26. The second kappa shape index (κ2) is 6.22. The van der Waals surface area contributed by atoms with Crippen LogP contribution in [0.5, 0.6) is 0 Å². The van der Waals surface area contributed by atoms with Crippen LogP contribution in [0.2, 0.25) is 5.02 Å². The molecule has 0 bridgehead atoms. The molecule has 0 fully saturated rings. The number of benzene rings is 1. The Morgan fingerprint density at radius 1 is 1.50 bits per heavy atom. The molecular formula is C12H10ClNO2S2. The van der Waals surface area contributed by atoms with Crippen LogP contribution in [0, 0.1) is 0 Å². The van der Waals surface area contributed by atoms with Crippen LogP contribution in [0.4, 0.5) is 0 Å². The Morgan fingerprint density at radius 2 is 2.33 bits per heavy atom. The monoisotopic (exact) mass is 299 g/mol. The van der Waals surface area contributed by atoms with E-state index in [-0.39, 0.29) is 6.42 Å². The lowest BCUT2D eigenvalue weighted by molar-refractivity contribution is -0.136. The van der Waals surface area contributed by atoms with E-state index in [2.05, 4.69) is 4.98 Å². The minimum atomic E-state index is -0.852. The van der Waals surface area contributed by atoms with Crippen LogP contribution in [0.15, 0.2) is 34.5 Å². The van der Waals surface area contributed by atoms with E-state index in [1.54, 1.807) is 17.1 Å². The van der Waals surface area contributed by atoms with Gasteiger partial charge in [-0.05, 0) is 18.2 Å². The van der Waals surface area contributed by atoms with Gasteiger partial charge in [0.1, 0.15) is 5.01 Å². The Morgan fingerprint density at radius 3 is 3.06 bits per heavy atom. The van der Waals surface area contributed by atoms with Gasteiger partial charge in [-0.15, -0.1) is 23.1 Å². The molecule has 0 aliphatic rings. The maximum atomic E-state index is 10.5. The number of rotatable bonds is 5. The van der Waals surface area contributed by atoms with Crippen molar-refractivity contribution in [3.05, 3.63) is 45.4 Å². The lowest BCUT2D eigenvalue weighted by atomic mass is 10.3. The molecular weight excluding hydrogens is 290 g/mol. The molecule has 0 amide bonds. The average molecular weight is 300 g/mol. The van der Waals surface area contributed by atoms with Crippen molar-refractivity contribution in [3.63, 3.8) is 0 Å². The van der Waals surface area contributed by atoms with Gasteiger partial charge < -0.3 is 5.11 Å². The van der Waals surface area contributed by atoms with Crippen molar-refractivity contribution in [1.29, 1.82) is 0 Å². The summed E-state index contributed by atoms with van der Waals surface area (Å²) in [5.74, 6) is -0.126. The highest BCUT2D eigenvalue weighted by atomic mass is 35.5. The van der Waals surface area contributed by atoms with Crippen molar-refractivity contribution < 1.29 is 9.90 Å². The first-order valence-electron chi connectivity index (χ1n) is 5.17. The average Bonchev–Trinajstić information content (AvgIpc) is 2.73. The first kappa shape index (κ1) is 13.4. The van der Waals surface area contributed by atoms with Crippen molar-refractivity contribution in [2.75, 3.05) is 0 Å². The second-order valence-corrected chi connectivity index (χ2v) is 5.98. The van der Waals surface area contributed by atoms with Gasteiger partial charge in [0.2, 0.25) is 0 Å². The molecule has 94 valence electrons. The number of aliphatic carboxylic acids is 1. The van der Waals surface area contributed by atoms with E-state index in [4.69, 9.17) is 16.7 Å². The molecule has 2 rings (SSSR count). The van der Waals surface area contributed by atoms with Gasteiger partial charge in [-0.25, -0.2) is 4.98 Å². The van der Waals surface area contributed by atoms with Crippen LogP contribution in [0.3, 0.4) is 0 Å². The molecule has 0 saturated carbocycles. The molecule has 1 heterocycles. The molecule has 3 nitrogen and oxygen atoms in total. The van der Waals surface area contributed by atoms with Crippen LogP contribution in [-0.4, -0.2) is 16.1 Å². The van der Waals surface area contributed by atoms with Crippen molar-refractivity contribution >= 4 is 40.7 Å². The van der Waals surface area contributed by atoms with Gasteiger partial charge in [0.15, 0.2) is 0 Å². The van der Waals surface area contributed by atoms with Crippen LogP contribution in [0.1, 0.15) is 10.7 Å². The maximum absolute atomic E-state index is 10.5. The minimum Gasteiger partial charge on any atom is -0.481 e. The topological polar surface area (TPSA) is 50.2 Å². The van der Waals surface area contributed by atoms with Crippen molar-refractivity contribution in [2.24, 2.45) is 0 Å². The van der Waals surface area contributed by atoms with Crippen LogP contribution in [0.25, 0.3) is 0 Å². The van der Waals surface area contributed by atoms with Gasteiger partial charge in [0.25, 0.3) is 0 Å². The molecule has 0 radical (unpaired) electrons. The standard InChI is InChI=1S/C12H10ClNO2S2/c13-8-2-1-3-10(4-8)17-7-11-14-9(6-18-11)5-12(15)16/h1-4,6H,5,7H2,(H,15,16). The van der Waals surface area contributed by atoms with E-state index in [9.17, 15) is 4.79 Å². The molecule has 1 aromatic carbocycles. The van der Waals surface area contributed by atoms with Crippen LogP contribution < -0.4 is 0 Å². The fourth-order valence-electron chi connectivity index (χ4n) is 1.35. The molecule has 0 aliphatic heterocycles. The maximum Gasteiger partial charge on any atom is 0.309 e. The number of carbonyl (C=O) groups is 1. The molecule has 0 saturated heterocycles. The number of thioether (sulfide) groups is 1. The lowest BCUT2D eigenvalue weighted by Crippen LogP contribution is -2.00. The van der Waals surface area contributed by atoms with Gasteiger partial charge in [-0.2, -0.15) is 0 Å². The first-order chi connectivity index (χ1) is 8.63. The van der Waals surface area contributed by atoms with Crippen LogP contribution in [-0.2, 0) is 17.0 Å². The third kappa shape index (κ3) is 4.01. The molecule has 0 unspecified atom stereocenters. The summed E-state index contributed by atoms with van der Waals surface area (Å²) >= 11 is 9.02. The van der Waals surface area contributed by atoms with E-state index in [0.29, 0.717) is 10.7 Å². The Kier molecular flexibility index (Phi) is 4.63. The summed E-state index contributed by atoms with van der Waals surface area (Å²) in [6, 6.07) is 7.63. The normalized spacial score (nSPS) is 10.5. The number of hydrogen-bond donors (Lipinski definition) is 1. The van der Waals surface area contributed by atoms with E-state index in [0.717, 1.165) is 15.7 Å². The molecule has 1 aromatic heterocycles. The highest BCUT2D eigenvalue weighted by molar-refractivity contribution is 7.98. The van der Waals surface area contributed by atoms with Gasteiger partial charge in [0.05, 0.1) is 17.9 Å². The van der Waals surface area contributed by atoms with Crippen LogP contribution >= 0.6 is 34.7 Å². The Balaban J connectivity index is 1.94. The van der Waals surface area contributed by atoms with Gasteiger partial charge in [-0.1, -0.05) is 17.7 Å². The summed E-state index contributed by atoms with van der Waals surface area (Å²) in [7, 11) is 0. The van der Waals surface area contributed by atoms with E-state index in [1.165, 1.54) is 11.3 Å². The molecule has 1 N–H and O–H groups in total. The third-order valence-electron chi connectivity index (χ3n) is 2.09. The second-order valence-electron chi connectivity index (χ2n) is 3.55. The summed E-state index contributed by atoms with van der Waals surface area (Å²) in [4.78, 5) is 15.9. The smallest absolute Gasteiger partial charge is 0.309 e. The Hall–Kier alpha value is -1.04. The number of nitrogens with zero attached hydrogens (tertiary/aromatic N) is 1. The fourth-order valence-corrected chi connectivity index (χ4v) is 3.37. The highest BCUT2D eigenvalue weighted by Gasteiger charge is 2.06. The lowest BCUT2D eigenvalue weighted by Gasteiger charge is -1.99. The zero-order valence-corrected chi connectivity index (χ0v) is 11.7. The zero-order chi connectivity index (χ0) is 13.0. The van der Waals surface area contributed by atoms with Crippen molar-refractivity contribution in [3.8, 4) is 0 Å². The summed E-state index contributed by atoms with van der Waals surface area (Å²) < 4.78 is 0. The predicted molar refractivity (Wildman–Crippen MR) is 74.5 cm³/mol. The van der Waals surface area contributed by atoms with Gasteiger partial charge in [-0.3, -0.25) is 4.79 Å². The summed E-state index contributed by atoms with van der Waals surface area (Å²) in [6.45, 7) is 0. The largest absolute Gasteiger partial charge is 0.481 e. The number of carboxylic acids is 1. The van der Waals surface area contributed by atoms with E-state index < -0.39 is 5.97 Å². The van der Waals surface area contributed by atoms with E-state index >= 15 is 0 Å². The number of halogens is 1. The van der Waals surface area contributed by atoms with Gasteiger partial charge in [0, 0.05) is 15.3 Å². The fraction of sp³-hybridized carbons (Fsp3) is 0.167. The zero-order valence-electron chi connectivity index (χ0n) is 9.30. The number of carboxylic acid groups (broad SMARTS) is 1. The summed E-state index contributed by atoms with van der Waals surface area (Å²) in [5, 5.41) is 12.1. The Bertz CT molecular complexity index is 557. The molecule has 0 aliphatic carbocycles. The SMILES string of the molecule is O=C(O)Cc1csc(CSc2cccc(Cl)c2)n1. The first-order valence-corrected chi connectivity index (χ1v) is 7.41. The molecule has 2 aromatic rings. The molecule has 6 heteroatoms.